The number of hydrogen-bond acceptors (Lipinski definition) is 0. The van der Waals surface area contributed by atoms with Gasteiger partial charge in [-0.05, 0) is 118 Å². The predicted octanol–water partition coefficient (Wildman–Crippen LogP) is 7.73. The van der Waals surface area contributed by atoms with E-state index in [4.69, 9.17) is 0 Å². The molecule has 146 valence electrons. The van der Waals surface area contributed by atoms with E-state index in [0.29, 0.717) is 0 Å². The molecular weight excluding hydrogens is 360 g/mol. The molecule has 2 aliphatic carbocycles. The molecule has 0 aliphatic heterocycles. The summed E-state index contributed by atoms with van der Waals surface area (Å²) in [5, 5.41) is 0. The molecule has 4 aromatic rings. The minimum Gasteiger partial charge on any atom is -0.0619 e. The van der Waals surface area contributed by atoms with Gasteiger partial charge in [-0.1, -0.05) is 60.7 Å². The molecule has 0 nitrogen and oxygen atoms in total. The van der Waals surface area contributed by atoms with Gasteiger partial charge in [-0.2, -0.15) is 0 Å². The van der Waals surface area contributed by atoms with Gasteiger partial charge in [0.2, 0.25) is 0 Å². The van der Waals surface area contributed by atoms with Crippen molar-refractivity contribution in [1.82, 2.24) is 0 Å². The third-order valence-corrected chi connectivity index (χ3v) is 7.57. The second kappa shape index (κ2) is 6.19. The first-order valence-electron chi connectivity index (χ1n) is 11.0. The van der Waals surface area contributed by atoms with Crippen LogP contribution in [0.4, 0.5) is 0 Å². The molecule has 0 N–H and O–H groups in total. The monoisotopic (exact) mass is 386 g/mol. The van der Waals surface area contributed by atoms with Crippen molar-refractivity contribution >= 4 is 0 Å². The molecule has 0 bridgehead atoms. The van der Waals surface area contributed by atoms with E-state index in [1.54, 1.807) is 0 Å². The first kappa shape index (κ1) is 17.7. The highest BCUT2D eigenvalue weighted by Crippen LogP contribution is 2.50. The van der Waals surface area contributed by atoms with Gasteiger partial charge in [-0.3, -0.25) is 0 Å². The van der Waals surface area contributed by atoms with E-state index in [9.17, 15) is 0 Å². The van der Waals surface area contributed by atoms with Crippen molar-refractivity contribution in [2.75, 3.05) is 0 Å². The highest BCUT2D eigenvalue weighted by atomic mass is 14.3. The number of fused-ring (bicyclic) bond motifs is 6. The molecule has 30 heavy (non-hydrogen) atoms. The smallest absolute Gasteiger partial charge is 0.000697 e. The maximum atomic E-state index is 2.36. The Morgan fingerprint density at radius 3 is 1.97 bits per heavy atom. The molecule has 0 radical (unpaired) electrons. The summed E-state index contributed by atoms with van der Waals surface area (Å²) in [7, 11) is 0. The van der Waals surface area contributed by atoms with Crippen LogP contribution in [0.1, 0.15) is 44.5 Å². The van der Waals surface area contributed by atoms with Gasteiger partial charge in [0.05, 0.1) is 0 Å². The van der Waals surface area contributed by atoms with Crippen LogP contribution in [0, 0.1) is 27.7 Å². The molecule has 6 rings (SSSR count). The van der Waals surface area contributed by atoms with Crippen LogP contribution in [0.25, 0.3) is 33.4 Å². The van der Waals surface area contributed by atoms with E-state index in [1.807, 2.05) is 0 Å². The zero-order valence-corrected chi connectivity index (χ0v) is 18.2. The maximum Gasteiger partial charge on any atom is -0.000697 e. The summed E-state index contributed by atoms with van der Waals surface area (Å²) in [5.41, 5.74) is 20.4. The Kier molecular flexibility index (Phi) is 3.65. The van der Waals surface area contributed by atoms with Crippen molar-refractivity contribution in [3.63, 3.8) is 0 Å². The van der Waals surface area contributed by atoms with Crippen LogP contribution in [0.3, 0.4) is 0 Å². The summed E-state index contributed by atoms with van der Waals surface area (Å²) in [6.07, 6.45) is 2.08. The Bertz CT molecular complexity index is 1370. The molecule has 0 unspecified atom stereocenters. The minimum atomic E-state index is 1.04. The summed E-state index contributed by atoms with van der Waals surface area (Å²) < 4.78 is 0. The maximum absolute atomic E-state index is 2.36. The second-order valence-electron chi connectivity index (χ2n) is 9.05. The third kappa shape index (κ3) is 2.22. The van der Waals surface area contributed by atoms with Gasteiger partial charge in [0.1, 0.15) is 0 Å². The topological polar surface area (TPSA) is 0 Å². The first-order valence-corrected chi connectivity index (χ1v) is 11.0. The van der Waals surface area contributed by atoms with Crippen molar-refractivity contribution in [2.45, 2.75) is 40.5 Å². The summed E-state index contributed by atoms with van der Waals surface area (Å²) in [6.45, 7) is 9.22. The number of benzene rings is 4. The molecule has 0 aromatic heterocycles. The molecule has 0 spiro atoms. The van der Waals surface area contributed by atoms with Crippen LogP contribution in [0.5, 0.6) is 0 Å². The summed E-state index contributed by atoms with van der Waals surface area (Å²) in [4.78, 5) is 0. The van der Waals surface area contributed by atoms with Crippen LogP contribution in [0.2, 0.25) is 0 Å². The standard InChI is InChI=1S/C30H26/c1-17-9-7-11-22-16-27-29(19(3)18(2)20(4)30(27)28(17)22)25-14-8-13-24-23-12-6-5-10-21(23)15-26(24)25/h5-14H,15-16H2,1-4H3. The summed E-state index contributed by atoms with van der Waals surface area (Å²) in [6, 6.07) is 22.6. The van der Waals surface area contributed by atoms with Gasteiger partial charge in [0.15, 0.2) is 0 Å². The van der Waals surface area contributed by atoms with E-state index in [0.717, 1.165) is 12.8 Å². The average Bonchev–Trinajstić information content (AvgIpc) is 3.32. The third-order valence-electron chi connectivity index (χ3n) is 7.57. The molecule has 0 amide bonds. The Labute approximate surface area is 179 Å². The second-order valence-corrected chi connectivity index (χ2v) is 9.05. The quantitative estimate of drug-likeness (QED) is 0.271. The predicted molar refractivity (Wildman–Crippen MR) is 127 cm³/mol. The molecule has 2 aliphatic rings. The van der Waals surface area contributed by atoms with Crippen molar-refractivity contribution in [3.8, 4) is 33.4 Å². The lowest BCUT2D eigenvalue weighted by Crippen LogP contribution is -2.01. The van der Waals surface area contributed by atoms with Crippen LogP contribution in [0.15, 0.2) is 60.7 Å². The molecule has 0 saturated heterocycles. The highest BCUT2D eigenvalue weighted by Gasteiger charge is 2.30. The molecular formula is C30H26. The number of rotatable bonds is 1. The number of hydrogen-bond donors (Lipinski definition) is 0. The molecule has 4 aromatic carbocycles. The molecule has 0 atom stereocenters. The fraction of sp³-hybridized carbons (Fsp3) is 0.200. The van der Waals surface area contributed by atoms with Gasteiger partial charge in [0.25, 0.3) is 0 Å². The lowest BCUT2D eigenvalue weighted by Gasteiger charge is -2.21. The Morgan fingerprint density at radius 1 is 0.467 bits per heavy atom. The van der Waals surface area contributed by atoms with E-state index >= 15 is 0 Å². The molecule has 0 heteroatoms. The fourth-order valence-electron chi connectivity index (χ4n) is 5.93. The van der Waals surface area contributed by atoms with E-state index < -0.39 is 0 Å². The van der Waals surface area contributed by atoms with E-state index in [2.05, 4.69) is 88.4 Å². The van der Waals surface area contributed by atoms with E-state index in [-0.39, 0.29) is 0 Å². The SMILES string of the molecule is Cc1cccc2c1-c1c(C)c(C)c(C)c(-c3cccc4c3Cc3ccccc3-4)c1C2. The molecule has 0 heterocycles. The van der Waals surface area contributed by atoms with Crippen LogP contribution in [-0.2, 0) is 12.8 Å². The summed E-state index contributed by atoms with van der Waals surface area (Å²) in [5.74, 6) is 0. The van der Waals surface area contributed by atoms with E-state index in [1.165, 1.54) is 77.9 Å². The Morgan fingerprint density at radius 2 is 1.10 bits per heavy atom. The summed E-state index contributed by atoms with van der Waals surface area (Å²) >= 11 is 0. The normalized spacial score (nSPS) is 13.1. The Hall–Kier alpha value is -3.12. The molecule has 0 saturated carbocycles. The lowest BCUT2D eigenvalue weighted by atomic mass is 9.83. The minimum absolute atomic E-state index is 1.04. The van der Waals surface area contributed by atoms with Crippen molar-refractivity contribution in [1.29, 1.82) is 0 Å². The van der Waals surface area contributed by atoms with Crippen LogP contribution in [-0.4, -0.2) is 0 Å². The van der Waals surface area contributed by atoms with Gasteiger partial charge in [0, 0.05) is 0 Å². The van der Waals surface area contributed by atoms with Gasteiger partial charge < -0.3 is 0 Å². The largest absolute Gasteiger partial charge is 0.0619 e. The van der Waals surface area contributed by atoms with Gasteiger partial charge in [-0.15, -0.1) is 0 Å². The first-order chi connectivity index (χ1) is 14.6. The van der Waals surface area contributed by atoms with Crippen LogP contribution >= 0.6 is 0 Å². The van der Waals surface area contributed by atoms with Crippen molar-refractivity contribution < 1.29 is 0 Å². The zero-order valence-electron chi connectivity index (χ0n) is 18.2. The fourth-order valence-corrected chi connectivity index (χ4v) is 5.93. The lowest BCUT2D eigenvalue weighted by molar-refractivity contribution is 1.19. The highest BCUT2D eigenvalue weighted by molar-refractivity contribution is 5.94. The zero-order chi connectivity index (χ0) is 20.6. The van der Waals surface area contributed by atoms with Crippen molar-refractivity contribution in [3.05, 3.63) is 105 Å². The van der Waals surface area contributed by atoms with Gasteiger partial charge >= 0.3 is 0 Å². The van der Waals surface area contributed by atoms with Crippen LogP contribution < -0.4 is 0 Å². The van der Waals surface area contributed by atoms with Gasteiger partial charge in [-0.25, -0.2) is 0 Å². The van der Waals surface area contributed by atoms with Crippen molar-refractivity contribution in [2.24, 2.45) is 0 Å². The Balaban J connectivity index is 1.67. The molecule has 0 fully saturated rings. The average molecular weight is 387 g/mol. The number of aryl methyl sites for hydroxylation is 1.